The van der Waals surface area contributed by atoms with Crippen molar-refractivity contribution in [2.24, 2.45) is 4.99 Å². The van der Waals surface area contributed by atoms with Gasteiger partial charge in [-0.2, -0.15) is 13.2 Å². The summed E-state index contributed by atoms with van der Waals surface area (Å²) in [6.45, 7) is 1.54. The second-order valence-electron chi connectivity index (χ2n) is 6.21. The van der Waals surface area contributed by atoms with Crippen molar-refractivity contribution in [3.63, 3.8) is 0 Å². The molecular formula is C18H22F3IN6O2. The number of aromatic nitrogens is 2. The number of hydrogen-bond acceptors (Lipinski definition) is 6. The Labute approximate surface area is 188 Å². The first-order valence-corrected chi connectivity index (χ1v) is 8.81. The molecule has 1 aromatic heterocycles. The molecule has 0 bridgehead atoms. The molecule has 12 heteroatoms. The lowest BCUT2D eigenvalue weighted by Crippen LogP contribution is -2.40. The normalized spacial score (nSPS) is 12.9. The van der Waals surface area contributed by atoms with Crippen LogP contribution in [-0.4, -0.2) is 54.8 Å². The van der Waals surface area contributed by atoms with Gasteiger partial charge in [0.25, 0.3) is 0 Å². The average molecular weight is 538 g/mol. The number of alkyl halides is 3. The van der Waals surface area contributed by atoms with Crippen molar-refractivity contribution in [1.82, 2.24) is 20.2 Å². The van der Waals surface area contributed by atoms with Gasteiger partial charge in [0.1, 0.15) is 5.69 Å². The highest BCUT2D eigenvalue weighted by atomic mass is 127. The van der Waals surface area contributed by atoms with Gasteiger partial charge in [-0.05, 0) is 23.8 Å². The van der Waals surface area contributed by atoms with Crippen LogP contribution in [-0.2, 0) is 12.7 Å². The number of nitrogens with one attached hydrogen (secondary N) is 2. The third-order valence-electron chi connectivity index (χ3n) is 4.07. The summed E-state index contributed by atoms with van der Waals surface area (Å²) in [5.41, 5.74) is 0.0393. The zero-order valence-electron chi connectivity index (χ0n) is 16.4. The van der Waals surface area contributed by atoms with E-state index in [1.165, 1.54) is 0 Å². The van der Waals surface area contributed by atoms with Crippen molar-refractivity contribution in [2.75, 3.05) is 39.3 Å². The van der Waals surface area contributed by atoms with Gasteiger partial charge in [-0.15, -0.1) is 24.0 Å². The van der Waals surface area contributed by atoms with Gasteiger partial charge in [-0.25, -0.2) is 9.97 Å². The van der Waals surface area contributed by atoms with Gasteiger partial charge in [-0.1, -0.05) is 6.07 Å². The van der Waals surface area contributed by atoms with Crippen LogP contribution in [0, 0.1) is 0 Å². The Kier molecular flexibility index (Phi) is 8.32. The van der Waals surface area contributed by atoms with Crippen LogP contribution in [0.4, 0.5) is 19.1 Å². The minimum absolute atomic E-state index is 0. The second kappa shape index (κ2) is 10.5. The van der Waals surface area contributed by atoms with Crippen LogP contribution in [0.15, 0.2) is 35.5 Å². The monoisotopic (exact) mass is 538 g/mol. The quantitative estimate of drug-likeness (QED) is 0.253. The highest BCUT2D eigenvalue weighted by Gasteiger charge is 2.32. The molecular weight excluding hydrogens is 516 g/mol. The number of fused-ring (bicyclic) bond motifs is 1. The van der Waals surface area contributed by atoms with Gasteiger partial charge in [0, 0.05) is 39.9 Å². The second-order valence-corrected chi connectivity index (χ2v) is 6.21. The molecule has 0 fully saturated rings. The van der Waals surface area contributed by atoms with E-state index in [4.69, 9.17) is 9.47 Å². The molecule has 2 aromatic rings. The van der Waals surface area contributed by atoms with Crippen LogP contribution in [0.3, 0.4) is 0 Å². The summed E-state index contributed by atoms with van der Waals surface area (Å²) in [4.78, 5) is 13.4. The molecule has 2 N–H and O–H groups in total. The Hall–Kier alpha value is -2.51. The SMILES string of the molecule is CN=C(NCCNc1nccc(C(F)(F)F)n1)N(C)Cc1ccc2c(c1)OCO2.I. The number of benzene rings is 1. The van der Waals surface area contributed by atoms with E-state index in [1.54, 1.807) is 7.05 Å². The summed E-state index contributed by atoms with van der Waals surface area (Å²) in [7, 11) is 3.53. The molecule has 0 saturated heterocycles. The minimum atomic E-state index is -4.50. The maximum atomic E-state index is 12.7. The predicted octanol–water partition coefficient (Wildman–Crippen LogP) is 2.96. The Morgan fingerprint density at radius 2 is 1.97 bits per heavy atom. The van der Waals surface area contributed by atoms with Crippen LogP contribution >= 0.6 is 24.0 Å². The van der Waals surface area contributed by atoms with Crippen LogP contribution in [0.25, 0.3) is 0 Å². The van der Waals surface area contributed by atoms with E-state index in [0.717, 1.165) is 23.6 Å². The van der Waals surface area contributed by atoms with E-state index in [1.807, 2.05) is 30.1 Å². The van der Waals surface area contributed by atoms with E-state index < -0.39 is 11.9 Å². The zero-order valence-corrected chi connectivity index (χ0v) is 18.7. The average Bonchev–Trinajstić information content (AvgIpc) is 3.15. The van der Waals surface area contributed by atoms with E-state index in [9.17, 15) is 13.2 Å². The number of rotatable bonds is 6. The first kappa shape index (κ1) is 23.8. The fourth-order valence-electron chi connectivity index (χ4n) is 2.72. The van der Waals surface area contributed by atoms with Gasteiger partial charge in [0.2, 0.25) is 12.7 Å². The van der Waals surface area contributed by atoms with Crippen molar-refractivity contribution in [1.29, 1.82) is 0 Å². The third-order valence-corrected chi connectivity index (χ3v) is 4.07. The predicted molar refractivity (Wildman–Crippen MR) is 116 cm³/mol. The molecule has 0 unspecified atom stereocenters. The summed E-state index contributed by atoms with van der Waals surface area (Å²) >= 11 is 0. The van der Waals surface area contributed by atoms with Gasteiger partial charge >= 0.3 is 6.18 Å². The molecule has 0 atom stereocenters. The molecule has 30 heavy (non-hydrogen) atoms. The van der Waals surface area contributed by atoms with Crippen molar-refractivity contribution in [3.8, 4) is 11.5 Å². The molecule has 1 aliphatic rings. The number of nitrogens with zero attached hydrogens (tertiary/aromatic N) is 4. The van der Waals surface area contributed by atoms with Crippen molar-refractivity contribution < 1.29 is 22.6 Å². The molecule has 0 spiro atoms. The zero-order chi connectivity index (χ0) is 20.9. The van der Waals surface area contributed by atoms with Crippen LogP contribution in [0.2, 0.25) is 0 Å². The summed E-state index contributed by atoms with van der Waals surface area (Å²) in [5, 5.41) is 5.90. The van der Waals surface area contributed by atoms with E-state index in [-0.39, 0.29) is 36.7 Å². The Morgan fingerprint density at radius 3 is 2.70 bits per heavy atom. The number of halogens is 4. The largest absolute Gasteiger partial charge is 0.454 e. The highest BCUT2D eigenvalue weighted by molar-refractivity contribution is 14.0. The molecule has 1 aliphatic heterocycles. The maximum Gasteiger partial charge on any atom is 0.433 e. The summed E-state index contributed by atoms with van der Waals surface area (Å²) in [5.74, 6) is 1.99. The van der Waals surface area contributed by atoms with E-state index >= 15 is 0 Å². The maximum absolute atomic E-state index is 12.7. The van der Waals surface area contributed by atoms with E-state index in [2.05, 4.69) is 25.6 Å². The van der Waals surface area contributed by atoms with Crippen molar-refractivity contribution in [3.05, 3.63) is 41.7 Å². The van der Waals surface area contributed by atoms with Crippen LogP contribution in [0.5, 0.6) is 11.5 Å². The fraction of sp³-hybridized carbons (Fsp3) is 0.389. The molecule has 1 aromatic carbocycles. The molecule has 0 saturated carbocycles. The first-order chi connectivity index (χ1) is 13.9. The molecule has 2 heterocycles. The Morgan fingerprint density at radius 1 is 1.20 bits per heavy atom. The molecule has 164 valence electrons. The van der Waals surface area contributed by atoms with Gasteiger partial charge < -0.3 is 25.0 Å². The standard InChI is InChI=1S/C18H21F3N6O2.HI/c1-22-17(27(2)10-12-3-4-13-14(9-12)29-11-28-13)25-8-7-24-16-23-6-5-15(26-16)18(19,20)21;/h3-6,9H,7-8,10-11H2,1-2H3,(H,22,25)(H,23,24,26);1H. The first-order valence-electron chi connectivity index (χ1n) is 8.81. The fourth-order valence-corrected chi connectivity index (χ4v) is 2.72. The lowest BCUT2D eigenvalue weighted by Gasteiger charge is -2.22. The summed E-state index contributed by atoms with van der Waals surface area (Å²) in [6.07, 6.45) is -3.43. The molecule has 0 radical (unpaired) electrons. The number of aliphatic imine (C=N–C) groups is 1. The number of anilines is 1. The summed E-state index contributed by atoms with van der Waals surface area (Å²) in [6, 6.07) is 6.56. The van der Waals surface area contributed by atoms with Crippen molar-refractivity contribution in [2.45, 2.75) is 12.7 Å². The lowest BCUT2D eigenvalue weighted by atomic mass is 10.2. The topological polar surface area (TPSA) is 83.9 Å². The summed E-state index contributed by atoms with van der Waals surface area (Å²) < 4.78 is 48.7. The van der Waals surface area contributed by atoms with Gasteiger partial charge in [0.05, 0.1) is 0 Å². The molecule has 0 amide bonds. The highest BCUT2D eigenvalue weighted by Crippen LogP contribution is 2.32. The van der Waals surface area contributed by atoms with Crippen LogP contribution in [0.1, 0.15) is 11.3 Å². The van der Waals surface area contributed by atoms with Gasteiger partial charge in [-0.3, -0.25) is 4.99 Å². The van der Waals surface area contributed by atoms with Crippen LogP contribution < -0.4 is 20.1 Å². The Bertz CT molecular complexity index is 881. The Balaban J connectivity index is 0.00000320. The minimum Gasteiger partial charge on any atom is -0.454 e. The molecule has 0 aliphatic carbocycles. The van der Waals surface area contributed by atoms with E-state index in [0.29, 0.717) is 31.3 Å². The molecule has 3 rings (SSSR count). The number of ether oxygens (including phenoxy) is 2. The molecule has 8 nitrogen and oxygen atoms in total. The number of guanidine groups is 1. The van der Waals surface area contributed by atoms with Crippen molar-refractivity contribution >= 4 is 35.9 Å². The third kappa shape index (κ3) is 6.24. The lowest BCUT2D eigenvalue weighted by molar-refractivity contribution is -0.141. The van der Waals surface area contributed by atoms with Gasteiger partial charge in [0.15, 0.2) is 17.5 Å². The smallest absolute Gasteiger partial charge is 0.433 e. The number of hydrogen-bond donors (Lipinski definition) is 2.